The van der Waals surface area contributed by atoms with E-state index in [-0.39, 0.29) is 0 Å². The van der Waals surface area contributed by atoms with Crippen LogP contribution in [-0.2, 0) is 5.41 Å². The molecule has 13 aromatic rings. The van der Waals surface area contributed by atoms with Gasteiger partial charge in [0, 0.05) is 70.1 Å². The Kier molecular flexibility index (Phi) is 8.03. The topological polar surface area (TPSA) is 19.6 Å². The normalized spacial score (nSPS) is 14.5. The fourth-order valence-corrected chi connectivity index (χ4v) is 14.2. The third-order valence-electron chi connectivity index (χ3n) is 14.4. The summed E-state index contributed by atoms with van der Waals surface area (Å²) >= 11 is 3.74. The number of thiophene rings is 2. The highest BCUT2D eigenvalue weighted by Gasteiger charge is 2.56. The van der Waals surface area contributed by atoms with E-state index in [0.717, 1.165) is 50.7 Å². The summed E-state index contributed by atoms with van der Waals surface area (Å²) in [5.41, 5.74) is 15.5. The van der Waals surface area contributed by atoms with Crippen molar-refractivity contribution in [3.05, 3.63) is 253 Å². The first kappa shape index (κ1) is 37.9. The lowest BCUT2D eigenvalue weighted by Gasteiger charge is -2.36. The van der Waals surface area contributed by atoms with E-state index in [0.29, 0.717) is 0 Å². The van der Waals surface area contributed by atoms with Crippen molar-refractivity contribution < 1.29 is 4.42 Å². The largest absolute Gasteiger partial charge is 0.456 e. The van der Waals surface area contributed by atoms with Crippen LogP contribution in [0.5, 0.6) is 0 Å². The van der Waals surface area contributed by atoms with Crippen molar-refractivity contribution in [2.24, 2.45) is 0 Å². The van der Waals surface area contributed by atoms with Crippen LogP contribution < -0.4 is 9.80 Å². The molecule has 2 aliphatic rings. The van der Waals surface area contributed by atoms with Crippen LogP contribution in [0.2, 0.25) is 0 Å². The Morgan fingerprint density at radius 1 is 0.338 bits per heavy atom. The highest BCUT2D eigenvalue weighted by atomic mass is 32.1. The fraction of sp³-hybridized carbons (Fsp3) is 0.0159. The zero-order chi connectivity index (χ0) is 44.5. The summed E-state index contributed by atoms with van der Waals surface area (Å²) in [6.07, 6.45) is 0. The van der Waals surface area contributed by atoms with E-state index in [9.17, 15) is 0 Å². The lowest BCUT2D eigenvalue weighted by atomic mass is 9.69. The zero-order valence-corrected chi connectivity index (χ0v) is 38.2. The first-order valence-corrected chi connectivity index (χ1v) is 24.8. The van der Waals surface area contributed by atoms with Crippen LogP contribution in [0.3, 0.4) is 0 Å². The van der Waals surface area contributed by atoms with Gasteiger partial charge in [-0.1, -0.05) is 158 Å². The van der Waals surface area contributed by atoms with E-state index < -0.39 is 5.41 Å². The molecule has 0 saturated heterocycles. The highest BCUT2D eigenvalue weighted by Crippen LogP contribution is 2.68. The van der Waals surface area contributed by atoms with Crippen molar-refractivity contribution in [1.29, 1.82) is 0 Å². The van der Waals surface area contributed by atoms with Crippen molar-refractivity contribution in [3.63, 3.8) is 0 Å². The smallest absolute Gasteiger partial charge is 0.140 e. The van der Waals surface area contributed by atoms with Crippen molar-refractivity contribution in [3.8, 4) is 22.5 Å². The quantitative estimate of drug-likeness (QED) is 0.166. The number of para-hydroxylation sites is 3. The summed E-state index contributed by atoms with van der Waals surface area (Å²) in [5, 5.41) is 6.25. The molecule has 0 saturated carbocycles. The van der Waals surface area contributed by atoms with Gasteiger partial charge in [-0.2, -0.15) is 0 Å². The number of benzene rings is 10. The minimum absolute atomic E-state index is 0.720. The molecule has 3 aromatic heterocycles. The van der Waals surface area contributed by atoms with Gasteiger partial charge in [-0.25, -0.2) is 0 Å². The van der Waals surface area contributed by atoms with E-state index in [4.69, 9.17) is 4.42 Å². The second kappa shape index (κ2) is 14.4. The molecule has 0 bridgehead atoms. The van der Waals surface area contributed by atoms with Crippen LogP contribution in [-0.4, -0.2) is 0 Å². The van der Waals surface area contributed by atoms with Crippen LogP contribution in [0.1, 0.15) is 22.3 Å². The molecule has 0 fully saturated rings. The molecule has 0 radical (unpaired) electrons. The van der Waals surface area contributed by atoms with Gasteiger partial charge in [0.25, 0.3) is 0 Å². The van der Waals surface area contributed by atoms with Gasteiger partial charge in [0.05, 0.1) is 31.9 Å². The number of hydrogen-bond acceptors (Lipinski definition) is 5. The molecule has 5 heteroatoms. The highest BCUT2D eigenvalue weighted by molar-refractivity contribution is 7.26. The average molecular weight is 903 g/mol. The lowest BCUT2D eigenvalue weighted by Crippen LogP contribution is -2.28. The van der Waals surface area contributed by atoms with Gasteiger partial charge in [-0.05, 0) is 95.1 Å². The molecule has 3 heterocycles. The van der Waals surface area contributed by atoms with Crippen LogP contribution >= 0.6 is 22.7 Å². The SMILES string of the molecule is c1ccc(N(c2ccc3c(c2)-c2ccccc2C32c3c(cccc3N(c3ccccc3)c3cccc4c3sc3ccccc34)-c3oc4ccccc4c32)c2cccc3c2sc2ccccc23)cc1. The fourth-order valence-electron chi connectivity index (χ4n) is 11.8. The summed E-state index contributed by atoms with van der Waals surface area (Å²) in [5.74, 6) is 0.935. The van der Waals surface area contributed by atoms with E-state index in [1.54, 1.807) is 0 Å². The third-order valence-corrected chi connectivity index (χ3v) is 16.9. The second-order valence-corrected chi connectivity index (χ2v) is 20.0. The predicted molar refractivity (Wildman–Crippen MR) is 288 cm³/mol. The summed E-state index contributed by atoms with van der Waals surface area (Å²) < 4.78 is 12.2. The predicted octanol–water partition coefficient (Wildman–Crippen LogP) is 18.5. The molecule has 0 N–H and O–H groups in total. The standard InChI is InChI=1S/C63H38N2OS2/c1-3-18-39(19-4-1)64(53-31-15-26-45-43-23-9-13-34-56(43)67-61(45)53)41-36-37-51-49(38-41)42-22-7-11-29-50(42)63(51)58-48(60-59(63)47-25-8-12-33-55(47)66-60)28-17-30-52(58)65(40-20-5-2-6-21-40)54-32-16-27-46-44-24-10-14-35-57(44)68-62(46)54/h1-38H. The molecule has 1 spiro atoms. The minimum atomic E-state index is -0.720. The van der Waals surface area contributed by atoms with Crippen LogP contribution in [0.25, 0.3) is 73.8 Å². The van der Waals surface area contributed by atoms with E-state index in [1.807, 2.05) is 22.7 Å². The molecule has 0 amide bonds. The molecule has 15 rings (SSSR count). The van der Waals surface area contributed by atoms with Gasteiger partial charge in [-0.15, -0.1) is 22.7 Å². The van der Waals surface area contributed by atoms with Gasteiger partial charge in [0.1, 0.15) is 11.3 Å². The number of rotatable bonds is 6. The molecule has 0 aliphatic heterocycles. The van der Waals surface area contributed by atoms with Crippen molar-refractivity contribution >= 4 is 108 Å². The maximum Gasteiger partial charge on any atom is 0.140 e. The minimum Gasteiger partial charge on any atom is -0.456 e. The average Bonchev–Trinajstić information content (AvgIpc) is 4.21. The first-order chi connectivity index (χ1) is 33.8. The molecule has 1 atom stereocenters. The number of hydrogen-bond donors (Lipinski definition) is 0. The number of nitrogens with zero attached hydrogens (tertiary/aromatic N) is 2. The van der Waals surface area contributed by atoms with Crippen molar-refractivity contribution in [2.45, 2.75) is 5.41 Å². The van der Waals surface area contributed by atoms with Gasteiger partial charge >= 0.3 is 0 Å². The number of furan rings is 1. The third kappa shape index (κ3) is 5.12. The van der Waals surface area contributed by atoms with Gasteiger partial charge in [-0.3, -0.25) is 0 Å². The molecular formula is C63H38N2OS2. The van der Waals surface area contributed by atoms with E-state index in [2.05, 4.69) is 240 Å². The molecule has 2 aliphatic carbocycles. The molecule has 318 valence electrons. The summed E-state index contributed by atoms with van der Waals surface area (Å²) in [7, 11) is 0. The monoisotopic (exact) mass is 902 g/mol. The maximum atomic E-state index is 7.13. The van der Waals surface area contributed by atoms with Crippen LogP contribution in [0.15, 0.2) is 235 Å². The molecule has 1 unspecified atom stereocenters. The Bertz CT molecular complexity index is 4180. The van der Waals surface area contributed by atoms with Crippen LogP contribution in [0.4, 0.5) is 34.1 Å². The lowest BCUT2D eigenvalue weighted by molar-refractivity contribution is 0.628. The van der Waals surface area contributed by atoms with Gasteiger partial charge in [0.2, 0.25) is 0 Å². The van der Waals surface area contributed by atoms with Gasteiger partial charge in [0.15, 0.2) is 0 Å². The van der Waals surface area contributed by atoms with E-state index in [1.165, 1.54) is 79.4 Å². The molecule has 10 aromatic carbocycles. The summed E-state index contributed by atoms with van der Waals surface area (Å²) in [4.78, 5) is 4.98. The van der Waals surface area contributed by atoms with E-state index >= 15 is 0 Å². The summed E-state index contributed by atoms with van der Waals surface area (Å²) in [6, 6.07) is 84.8. The Balaban J connectivity index is 1.03. The number of anilines is 6. The Hall–Kier alpha value is -8.22. The maximum absolute atomic E-state index is 7.13. The zero-order valence-electron chi connectivity index (χ0n) is 36.6. The van der Waals surface area contributed by atoms with Crippen LogP contribution in [0, 0.1) is 0 Å². The molecule has 68 heavy (non-hydrogen) atoms. The van der Waals surface area contributed by atoms with Gasteiger partial charge < -0.3 is 14.2 Å². The van der Waals surface area contributed by atoms with Crippen molar-refractivity contribution in [2.75, 3.05) is 9.80 Å². The summed E-state index contributed by atoms with van der Waals surface area (Å²) in [6.45, 7) is 0. The Morgan fingerprint density at radius 3 is 1.56 bits per heavy atom. The Labute approximate surface area is 400 Å². The first-order valence-electron chi connectivity index (χ1n) is 23.2. The van der Waals surface area contributed by atoms with Crippen molar-refractivity contribution in [1.82, 2.24) is 0 Å². The second-order valence-electron chi connectivity index (χ2n) is 17.9. The number of fused-ring (bicyclic) bond motifs is 18. The molecular weight excluding hydrogens is 865 g/mol. The Morgan fingerprint density at radius 2 is 0.853 bits per heavy atom. The molecule has 3 nitrogen and oxygen atoms in total.